The standard InChI is InChI=1S/C13H23N5O.2ClH/c1-9-13(10(2)17(3)16-9)15-12(19)8-18-6-4-5-11(18)7-14;;/h11H,4-8,14H2,1-3H3,(H,15,19);2*1H. The molecule has 1 saturated heterocycles. The van der Waals surface area contributed by atoms with Crippen molar-refractivity contribution in [3.05, 3.63) is 11.4 Å². The van der Waals surface area contributed by atoms with Gasteiger partial charge in [-0.1, -0.05) is 0 Å². The highest BCUT2D eigenvalue weighted by molar-refractivity contribution is 5.93. The minimum Gasteiger partial charge on any atom is -0.329 e. The summed E-state index contributed by atoms with van der Waals surface area (Å²) in [5, 5.41) is 7.26. The lowest BCUT2D eigenvalue weighted by Crippen LogP contribution is -2.40. The zero-order valence-corrected chi connectivity index (χ0v) is 14.4. The first-order chi connectivity index (χ1) is 9.02. The molecule has 8 heteroatoms. The van der Waals surface area contributed by atoms with E-state index in [1.807, 2.05) is 20.9 Å². The van der Waals surface area contributed by atoms with Gasteiger partial charge in [0, 0.05) is 19.6 Å². The molecule has 0 aromatic carbocycles. The molecular weight excluding hydrogens is 313 g/mol. The fourth-order valence-electron chi connectivity index (χ4n) is 2.69. The van der Waals surface area contributed by atoms with E-state index in [0.29, 0.717) is 19.1 Å². The molecule has 6 nitrogen and oxygen atoms in total. The van der Waals surface area contributed by atoms with Crippen LogP contribution in [0.4, 0.5) is 5.69 Å². The van der Waals surface area contributed by atoms with Gasteiger partial charge in [0.25, 0.3) is 0 Å². The Morgan fingerprint density at radius 2 is 2.10 bits per heavy atom. The molecule has 1 aliphatic heterocycles. The summed E-state index contributed by atoms with van der Waals surface area (Å²) in [6, 6.07) is 0.349. The maximum absolute atomic E-state index is 12.1. The van der Waals surface area contributed by atoms with Gasteiger partial charge in [0.05, 0.1) is 23.6 Å². The van der Waals surface area contributed by atoms with E-state index in [4.69, 9.17) is 5.73 Å². The predicted octanol–water partition coefficient (Wildman–Crippen LogP) is 1.24. The highest BCUT2D eigenvalue weighted by Gasteiger charge is 2.25. The number of likely N-dealkylation sites (tertiary alicyclic amines) is 1. The molecule has 0 aliphatic carbocycles. The Balaban J connectivity index is 0.00000200. The zero-order chi connectivity index (χ0) is 14.0. The minimum absolute atomic E-state index is 0. The molecular formula is C13H25Cl2N5O. The molecule has 0 radical (unpaired) electrons. The number of aromatic nitrogens is 2. The summed E-state index contributed by atoms with van der Waals surface area (Å²) >= 11 is 0. The molecule has 122 valence electrons. The second kappa shape index (κ2) is 8.58. The second-order valence-corrected chi connectivity index (χ2v) is 5.22. The summed E-state index contributed by atoms with van der Waals surface area (Å²) in [6.45, 7) is 5.85. The van der Waals surface area contributed by atoms with Crippen LogP contribution >= 0.6 is 24.8 Å². The van der Waals surface area contributed by atoms with Crippen molar-refractivity contribution in [3.63, 3.8) is 0 Å². The maximum atomic E-state index is 12.1. The zero-order valence-electron chi connectivity index (χ0n) is 12.8. The smallest absolute Gasteiger partial charge is 0.238 e. The quantitative estimate of drug-likeness (QED) is 0.866. The molecule has 1 unspecified atom stereocenters. The predicted molar refractivity (Wildman–Crippen MR) is 89.5 cm³/mol. The van der Waals surface area contributed by atoms with Gasteiger partial charge in [-0.3, -0.25) is 14.4 Å². The molecule has 0 saturated carbocycles. The molecule has 1 fully saturated rings. The maximum Gasteiger partial charge on any atom is 0.238 e. The van der Waals surface area contributed by atoms with E-state index in [2.05, 4.69) is 15.3 Å². The molecule has 1 aromatic rings. The van der Waals surface area contributed by atoms with Gasteiger partial charge in [0.2, 0.25) is 5.91 Å². The number of nitrogens with two attached hydrogens (primary N) is 1. The number of aryl methyl sites for hydroxylation is 2. The largest absolute Gasteiger partial charge is 0.329 e. The van der Waals surface area contributed by atoms with Crippen molar-refractivity contribution in [2.24, 2.45) is 12.8 Å². The molecule has 1 atom stereocenters. The number of rotatable bonds is 4. The number of carbonyl (C=O) groups is 1. The number of hydrogen-bond donors (Lipinski definition) is 2. The average molecular weight is 338 g/mol. The van der Waals surface area contributed by atoms with Crippen LogP contribution in [0.1, 0.15) is 24.2 Å². The highest BCUT2D eigenvalue weighted by Crippen LogP contribution is 2.19. The number of nitrogens with one attached hydrogen (secondary N) is 1. The summed E-state index contributed by atoms with van der Waals surface area (Å²) in [7, 11) is 1.88. The van der Waals surface area contributed by atoms with Crippen molar-refractivity contribution in [2.45, 2.75) is 32.7 Å². The van der Waals surface area contributed by atoms with E-state index in [1.54, 1.807) is 4.68 Å². The van der Waals surface area contributed by atoms with Gasteiger partial charge in [-0.25, -0.2) is 0 Å². The van der Waals surface area contributed by atoms with E-state index in [-0.39, 0.29) is 30.7 Å². The summed E-state index contributed by atoms with van der Waals surface area (Å²) in [5.41, 5.74) is 8.37. The Bertz CT molecular complexity index is 477. The Morgan fingerprint density at radius 1 is 1.43 bits per heavy atom. The Kier molecular flexibility index (Phi) is 8.25. The second-order valence-electron chi connectivity index (χ2n) is 5.22. The fraction of sp³-hybridized carbons (Fsp3) is 0.692. The van der Waals surface area contributed by atoms with Gasteiger partial charge in [-0.05, 0) is 33.2 Å². The lowest BCUT2D eigenvalue weighted by molar-refractivity contribution is -0.117. The summed E-state index contributed by atoms with van der Waals surface area (Å²) < 4.78 is 1.78. The molecule has 3 N–H and O–H groups in total. The monoisotopic (exact) mass is 337 g/mol. The number of carbonyl (C=O) groups excluding carboxylic acids is 1. The Labute approximate surface area is 138 Å². The van der Waals surface area contributed by atoms with E-state index >= 15 is 0 Å². The molecule has 1 aliphatic rings. The number of hydrogen-bond acceptors (Lipinski definition) is 4. The van der Waals surface area contributed by atoms with Gasteiger partial charge in [0.15, 0.2) is 0 Å². The first-order valence-corrected chi connectivity index (χ1v) is 6.77. The van der Waals surface area contributed by atoms with Crippen molar-refractivity contribution in [2.75, 3.05) is 25.0 Å². The number of amides is 1. The third kappa shape index (κ3) is 4.57. The summed E-state index contributed by atoms with van der Waals surface area (Å²) in [4.78, 5) is 14.3. The van der Waals surface area contributed by atoms with Crippen LogP contribution in [0.15, 0.2) is 0 Å². The first-order valence-electron chi connectivity index (χ1n) is 6.77. The number of halogens is 2. The molecule has 0 spiro atoms. The van der Waals surface area contributed by atoms with Gasteiger partial charge < -0.3 is 11.1 Å². The third-order valence-corrected chi connectivity index (χ3v) is 3.89. The van der Waals surface area contributed by atoms with Crippen molar-refractivity contribution < 1.29 is 4.79 Å². The average Bonchev–Trinajstić information content (AvgIpc) is 2.89. The van der Waals surface area contributed by atoms with Crippen molar-refractivity contribution >= 4 is 36.4 Å². The van der Waals surface area contributed by atoms with Crippen molar-refractivity contribution in [3.8, 4) is 0 Å². The van der Waals surface area contributed by atoms with E-state index in [1.165, 1.54) is 0 Å². The molecule has 1 amide bonds. The molecule has 21 heavy (non-hydrogen) atoms. The lowest BCUT2D eigenvalue weighted by Gasteiger charge is -2.22. The lowest BCUT2D eigenvalue weighted by atomic mass is 10.2. The molecule has 2 heterocycles. The van der Waals surface area contributed by atoms with Crippen LogP contribution in [0, 0.1) is 13.8 Å². The van der Waals surface area contributed by atoms with Gasteiger partial charge in [-0.15, -0.1) is 24.8 Å². The fourth-order valence-corrected chi connectivity index (χ4v) is 2.69. The normalized spacial score (nSPS) is 18.0. The van der Waals surface area contributed by atoms with Crippen LogP contribution in [-0.4, -0.2) is 46.3 Å². The van der Waals surface area contributed by atoms with Crippen LogP contribution < -0.4 is 11.1 Å². The van der Waals surface area contributed by atoms with Crippen LogP contribution in [0.5, 0.6) is 0 Å². The van der Waals surface area contributed by atoms with Gasteiger partial charge >= 0.3 is 0 Å². The van der Waals surface area contributed by atoms with Crippen LogP contribution in [-0.2, 0) is 11.8 Å². The van der Waals surface area contributed by atoms with E-state index in [0.717, 1.165) is 36.5 Å². The summed E-state index contributed by atoms with van der Waals surface area (Å²) in [6.07, 6.45) is 2.22. The van der Waals surface area contributed by atoms with Crippen LogP contribution in [0.25, 0.3) is 0 Å². The van der Waals surface area contributed by atoms with Gasteiger partial charge in [-0.2, -0.15) is 5.10 Å². The SMILES string of the molecule is Cc1nn(C)c(C)c1NC(=O)CN1CCCC1CN.Cl.Cl. The van der Waals surface area contributed by atoms with Crippen molar-refractivity contribution in [1.29, 1.82) is 0 Å². The van der Waals surface area contributed by atoms with E-state index < -0.39 is 0 Å². The minimum atomic E-state index is 0. The van der Waals surface area contributed by atoms with Gasteiger partial charge in [0.1, 0.15) is 0 Å². The van der Waals surface area contributed by atoms with E-state index in [9.17, 15) is 4.79 Å². The first kappa shape index (κ1) is 20.2. The number of anilines is 1. The molecule has 2 rings (SSSR count). The topological polar surface area (TPSA) is 76.2 Å². The molecule has 1 aromatic heterocycles. The number of nitrogens with zero attached hydrogens (tertiary/aromatic N) is 3. The highest BCUT2D eigenvalue weighted by atomic mass is 35.5. The Morgan fingerprint density at radius 3 is 2.62 bits per heavy atom. The van der Waals surface area contributed by atoms with Crippen LogP contribution in [0.3, 0.4) is 0 Å². The van der Waals surface area contributed by atoms with Crippen LogP contribution in [0.2, 0.25) is 0 Å². The summed E-state index contributed by atoms with van der Waals surface area (Å²) in [5.74, 6) is 0.0135. The van der Waals surface area contributed by atoms with Crippen molar-refractivity contribution in [1.82, 2.24) is 14.7 Å². The molecule has 0 bridgehead atoms. The third-order valence-electron chi connectivity index (χ3n) is 3.89. The Hall–Kier alpha value is -0.820.